The lowest BCUT2D eigenvalue weighted by Crippen LogP contribution is -2.10. The molecule has 1 unspecified atom stereocenters. The van der Waals surface area contributed by atoms with Crippen LogP contribution in [0.5, 0.6) is 0 Å². The first-order chi connectivity index (χ1) is 9.33. The van der Waals surface area contributed by atoms with Crippen LogP contribution < -0.4 is 5.32 Å². The van der Waals surface area contributed by atoms with Crippen molar-refractivity contribution >= 4 is 17.7 Å². The van der Waals surface area contributed by atoms with E-state index < -0.39 is 0 Å². The largest absolute Gasteiger partial charge is 0.355 e. The van der Waals surface area contributed by atoms with Gasteiger partial charge in [-0.1, -0.05) is 18.2 Å². The monoisotopic (exact) mass is 274 g/mol. The van der Waals surface area contributed by atoms with Gasteiger partial charge in [0.2, 0.25) is 5.95 Å². The molecule has 1 aromatic heterocycles. The Kier molecular flexibility index (Phi) is 3.46. The van der Waals surface area contributed by atoms with Gasteiger partial charge in [-0.25, -0.2) is 0 Å². The van der Waals surface area contributed by atoms with Crippen molar-refractivity contribution in [2.24, 2.45) is 0 Å². The first-order valence-corrected chi connectivity index (χ1v) is 7.63. The number of aromatic nitrogens is 3. The van der Waals surface area contributed by atoms with Crippen LogP contribution in [0.4, 0.5) is 5.95 Å². The minimum Gasteiger partial charge on any atom is -0.355 e. The van der Waals surface area contributed by atoms with E-state index in [1.807, 2.05) is 11.8 Å². The Morgan fingerprint density at radius 2 is 2.16 bits per heavy atom. The minimum atomic E-state index is 0.386. The van der Waals surface area contributed by atoms with Crippen molar-refractivity contribution in [3.63, 3.8) is 0 Å². The number of nitrogens with zero attached hydrogens (tertiary/aromatic N) is 3. The Morgan fingerprint density at radius 3 is 2.89 bits per heavy atom. The Bertz CT molecular complexity index is 554. The van der Waals surface area contributed by atoms with Crippen molar-refractivity contribution in [2.45, 2.75) is 37.0 Å². The lowest BCUT2D eigenvalue weighted by Gasteiger charge is -2.11. The lowest BCUT2D eigenvalue weighted by molar-refractivity contribution is 0.689. The summed E-state index contributed by atoms with van der Waals surface area (Å²) in [6.07, 6.45) is 1.05. The van der Waals surface area contributed by atoms with Crippen LogP contribution in [0.15, 0.2) is 29.2 Å². The SMILES string of the molecule is CCNc1nnc(C2Cc3ccccc3S2)n1CC. The molecule has 5 heteroatoms. The third-order valence-corrected chi connectivity index (χ3v) is 4.68. The molecule has 4 nitrogen and oxygen atoms in total. The Hall–Kier alpha value is -1.49. The molecule has 1 aliphatic heterocycles. The van der Waals surface area contributed by atoms with Gasteiger partial charge in [-0.3, -0.25) is 4.57 Å². The molecule has 19 heavy (non-hydrogen) atoms. The van der Waals surface area contributed by atoms with Gasteiger partial charge in [0.05, 0.1) is 5.25 Å². The summed E-state index contributed by atoms with van der Waals surface area (Å²) in [5.41, 5.74) is 1.42. The highest BCUT2D eigenvalue weighted by molar-refractivity contribution is 7.99. The van der Waals surface area contributed by atoms with E-state index in [0.717, 1.165) is 31.3 Å². The fourth-order valence-corrected chi connectivity index (χ4v) is 3.79. The van der Waals surface area contributed by atoms with Crippen molar-refractivity contribution in [2.75, 3.05) is 11.9 Å². The molecule has 0 bridgehead atoms. The second-order valence-electron chi connectivity index (χ2n) is 4.57. The van der Waals surface area contributed by atoms with E-state index in [0.29, 0.717) is 5.25 Å². The van der Waals surface area contributed by atoms with Crippen LogP contribution in [0.25, 0.3) is 0 Å². The van der Waals surface area contributed by atoms with E-state index in [2.05, 4.69) is 58.2 Å². The van der Waals surface area contributed by atoms with Gasteiger partial charge in [0, 0.05) is 18.0 Å². The number of rotatable bonds is 4. The van der Waals surface area contributed by atoms with Crippen molar-refractivity contribution in [1.82, 2.24) is 14.8 Å². The van der Waals surface area contributed by atoms with Gasteiger partial charge in [0.25, 0.3) is 0 Å². The van der Waals surface area contributed by atoms with Gasteiger partial charge in [0.15, 0.2) is 0 Å². The van der Waals surface area contributed by atoms with Crippen LogP contribution in [0.1, 0.15) is 30.5 Å². The zero-order valence-electron chi connectivity index (χ0n) is 11.3. The molecule has 0 aliphatic carbocycles. The summed E-state index contributed by atoms with van der Waals surface area (Å²) >= 11 is 1.90. The average molecular weight is 274 g/mol. The van der Waals surface area contributed by atoms with Crippen LogP contribution in [0.3, 0.4) is 0 Å². The molecule has 0 spiro atoms. The summed E-state index contributed by atoms with van der Waals surface area (Å²) in [6, 6.07) is 8.61. The number of thioether (sulfide) groups is 1. The normalized spacial score (nSPS) is 17.5. The molecule has 0 saturated carbocycles. The first-order valence-electron chi connectivity index (χ1n) is 6.75. The maximum atomic E-state index is 4.40. The number of hydrogen-bond acceptors (Lipinski definition) is 4. The molecule has 1 aliphatic rings. The predicted octanol–water partition coefficient (Wildman–Crippen LogP) is 3.12. The summed E-state index contributed by atoms with van der Waals surface area (Å²) in [7, 11) is 0. The van der Waals surface area contributed by atoms with Crippen molar-refractivity contribution in [3.8, 4) is 0 Å². The van der Waals surface area contributed by atoms with Crippen molar-refractivity contribution in [1.29, 1.82) is 0 Å². The molecule has 1 N–H and O–H groups in total. The van der Waals surface area contributed by atoms with E-state index in [1.165, 1.54) is 10.5 Å². The van der Waals surface area contributed by atoms with Gasteiger partial charge in [-0.15, -0.1) is 22.0 Å². The zero-order chi connectivity index (χ0) is 13.2. The van der Waals surface area contributed by atoms with E-state index in [9.17, 15) is 0 Å². The minimum absolute atomic E-state index is 0.386. The highest BCUT2D eigenvalue weighted by Crippen LogP contribution is 2.45. The quantitative estimate of drug-likeness (QED) is 0.930. The van der Waals surface area contributed by atoms with Crippen LogP contribution in [-0.2, 0) is 13.0 Å². The summed E-state index contributed by atoms with van der Waals surface area (Å²) in [4.78, 5) is 1.38. The van der Waals surface area contributed by atoms with E-state index in [4.69, 9.17) is 0 Å². The number of nitrogens with one attached hydrogen (secondary N) is 1. The van der Waals surface area contributed by atoms with Crippen molar-refractivity contribution in [3.05, 3.63) is 35.7 Å². The topological polar surface area (TPSA) is 42.7 Å². The fourth-order valence-electron chi connectivity index (χ4n) is 2.48. The molecule has 3 rings (SSSR count). The Balaban J connectivity index is 1.89. The molecule has 1 aromatic carbocycles. The molecule has 0 radical (unpaired) electrons. The molecule has 0 fully saturated rings. The smallest absolute Gasteiger partial charge is 0.224 e. The van der Waals surface area contributed by atoms with Crippen LogP contribution >= 0.6 is 11.8 Å². The molecular formula is C14H18N4S. The van der Waals surface area contributed by atoms with Gasteiger partial charge >= 0.3 is 0 Å². The predicted molar refractivity (Wildman–Crippen MR) is 78.6 cm³/mol. The second-order valence-corrected chi connectivity index (χ2v) is 5.82. The molecule has 100 valence electrons. The van der Waals surface area contributed by atoms with Gasteiger partial charge in [0.1, 0.15) is 5.82 Å². The summed E-state index contributed by atoms with van der Waals surface area (Å²) < 4.78 is 2.19. The standard InChI is InChI=1S/C14H18N4S/c1-3-15-14-17-16-13(18(14)4-2)12-9-10-7-5-6-8-11(10)19-12/h5-8,12H,3-4,9H2,1-2H3,(H,15,17). The summed E-state index contributed by atoms with van der Waals surface area (Å²) in [5, 5.41) is 12.3. The molecule has 2 heterocycles. The van der Waals surface area contributed by atoms with Gasteiger partial charge < -0.3 is 5.32 Å². The number of fused-ring (bicyclic) bond motifs is 1. The van der Waals surface area contributed by atoms with E-state index in [1.54, 1.807) is 0 Å². The molecule has 2 aromatic rings. The third-order valence-electron chi connectivity index (χ3n) is 3.37. The molecule has 0 saturated heterocycles. The van der Waals surface area contributed by atoms with E-state index in [-0.39, 0.29) is 0 Å². The Labute approximate surface area is 117 Å². The third kappa shape index (κ3) is 2.23. The number of benzene rings is 1. The van der Waals surface area contributed by atoms with E-state index >= 15 is 0 Å². The molecule has 1 atom stereocenters. The van der Waals surface area contributed by atoms with Crippen molar-refractivity contribution < 1.29 is 0 Å². The number of anilines is 1. The molecular weight excluding hydrogens is 256 g/mol. The highest BCUT2D eigenvalue weighted by atomic mass is 32.2. The average Bonchev–Trinajstić information content (AvgIpc) is 3.01. The molecule has 0 amide bonds. The number of hydrogen-bond donors (Lipinski definition) is 1. The highest BCUT2D eigenvalue weighted by Gasteiger charge is 2.28. The van der Waals surface area contributed by atoms with Crippen LogP contribution in [0, 0.1) is 0 Å². The summed E-state index contributed by atoms with van der Waals surface area (Å²) in [6.45, 7) is 5.99. The van der Waals surface area contributed by atoms with Crippen LogP contribution in [-0.4, -0.2) is 21.3 Å². The van der Waals surface area contributed by atoms with Gasteiger partial charge in [-0.05, 0) is 31.9 Å². The second kappa shape index (κ2) is 5.25. The first kappa shape index (κ1) is 12.5. The van der Waals surface area contributed by atoms with Gasteiger partial charge in [-0.2, -0.15) is 0 Å². The lowest BCUT2D eigenvalue weighted by atomic mass is 10.1. The maximum Gasteiger partial charge on any atom is 0.224 e. The summed E-state index contributed by atoms with van der Waals surface area (Å²) in [5.74, 6) is 1.97. The van der Waals surface area contributed by atoms with Crippen LogP contribution in [0.2, 0.25) is 0 Å². The zero-order valence-corrected chi connectivity index (χ0v) is 12.1. The maximum absolute atomic E-state index is 4.40. The Morgan fingerprint density at radius 1 is 1.32 bits per heavy atom. The fraction of sp³-hybridized carbons (Fsp3) is 0.429.